The number of carbonyl (C=O) groups excluding carboxylic acids is 1. The normalized spacial score (nSPS) is 15.2. The first-order valence-electron chi connectivity index (χ1n) is 9.85. The maximum atomic E-state index is 12.5. The van der Waals surface area contributed by atoms with Crippen molar-refractivity contribution < 1.29 is 14.3 Å². The fourth-order valence-electron chi connectivity index (χ4n) is 3.62. The van der Waals surface area contributed by atoms with Gasteiger partial charge in [-0.05, 0) is 44.5 Å². The van der Waals surface area contributed by atoms with Crippen molar-refractivity contribution in [2.45, 2.75) is 32.9 Å². The van der Waals surface area contributed by atoms with E-state index in [0.717, 1.165) is 55.1 Å². The average molecular weight is 383 g/mol. The summed E-state index contributed by atoms with van der Waals surface area (Å²) in [4.78, 5) is 14.9. The van der Waals surface area contributed by atoms with E-state index in [2.05, 4.69) is 47.5 Å². The molecule has 5 nitrogen and oxygen atoms in total. The number of carbonyl (C=O) groups is 1. The van der Waals surface area contributed by atoms with Crippen LogP contribution in [0.15, 0.2) is 42.5 Å². The van der Waals surface area contributed by atoms with E-state index in [1.807, 2.05) is 12.1 Å². The molecule has 2 aromatic carbocycles. The Balaban J connectivity index is 1.47. The van der Waals surface area contributed by atoms with E-state index in [9.17, 15) is 4.79 Å². The maximum absolute atomic E-state index is 12.5. The number of hydrogen-bond acceptors (Lipinski definition) is 4. The summed E-state index contributed by atoms with van der Waals surface area (Å²) in [5, 5.41) is 3.09. The van der Waals surface area contributed by atoms with Gasteiger partial charge in [0.05, 0.1) is 14.2 Å². The molecule has 1 amide bonds. The minimum absolute atomic E-state index is 0.0967. The zero-order valence-corrected chi connectivity index (χ0v) is 17.0. The van der Waals surface area contributed by atoms with E-state index >= 15 is 0 Å². The summed E-state index contributed by atoms with van der Waals surface area (Å²) in [6.07, 6.45) is 1.77. The molecule has 0 bridgehead atoms. The second-order valence-corrected chi connectivity index (χ2v) is 7.43. The van der Waals surface area contributed by atoms with Gasteiger partial charge in [0.1, 0.15) is 11.5 Å². The standard InChI is InChI=1S/C23H30N2O3/c1-17-4-6-18(7-5-17)15-24-23(26)19-10-12-25(13-11-19)16-20-8-9-21(27-2)14-22(20)28-3/h4-9,14,19H,10-13,15-16H2,1-3H3,(H,24,26). The van der Waals surface area contributed by atoms with Gasteiger partial charge in [-0.1, -0.05) is 35.9 Å². The molecule has 1 N–H and O–H groups in total. The van der Waals surface area contributed by atoms with Crippen molar-refractivity contribution in [2.24, 2.45) is 5.92 Å². The van der Waals surface area contributed by atoms with Crippen molar-refractivity contribution in [3.8, 4) is 11.5 Å². The number of nitrogens with zero attached hydrogens (tertiary/aromatic N) is 1. The highest BCUT2D eigenvalue weighted by molar-refractivity contribution is 5.78. The second-order valence-electron chi connectivity index (χ2n) is 7.43. The van der Waals surface area contributed by atoms with Gasteiger partial charge >= 0.3 is 0 Å². The van der Waals surface area contributed by atoms with E-state index in [0.29, 0.717) is 6.54 Å². The first-order valence-corrected chi connectivity index (χ1v) is 9.85. The fourth-order valence-corrected chi connectivity index (χ4v) is 3.62. The Labute approximate surface area is 167 Å². The lowest BCUT2D eigenvalue weighted by Crippen LogP contribution is -2.40. The second kappa shape index (κ2) is 9.60. The number of aryl methyl sites for hydroxylation is 1. The van der Waals surface area contributed by atoms with Gasteiger partial charge in [0.25, 0.3) is 0 Å². The van der Waals surface area contributed by atoms with Crippen LogP contribution in [-0.2, 0) is 17.9 Å². The van der Waals surface area contributed by atoms with Crippen LogP contribution in [0.5, 0.6) is 11.5 Å². The summed E-state index contributed by atoms with van der Waals surface area (Å²) in [6, 6.07) is 14.2. The van der Waals surface area contributed by atoms with E-state index < -0.39 is 0 Å². The minimum atomic E-state index is 0.0967. The van der Waals surface area contributed by atoms with Gasteiger partial charge in [0.15, 0.2) is 0 Å². The zero-order valence-electron chi connectivity index (χ0n) is 17.0. The molecule has 1 fully saturated rings. The van der Waals surface area contributed by atoms with Crippen molar-refractivity contribution in [3.05, 3.63) is 59.2 Å². The van der Waals surface area contributed by atoms with E-state index in [-0.39, 0.29) is 11.8 Å². The van der Waals surface area contributed by atoms with Gasteiger partial charge in [-0.15, -0.1) is 0 Å². The number of benzene rings is 2. The molecule has 0 saturated carbocycles. The van der Waals surface area contributed by atoms with E-state index in [1.54, 1.807) is 14.2 Å². The number of amides is 1. The molecule has 1 aliphatic rings. The van der Waals surface area contributed by atoms with Crippen LogP contribution < -0.4 is 14.8 Å². The molecular weight excluding hydrogens is 352 g/mol. The highest BCUT2D eigenvalue weighted by Gasteiger charge is 2.25. The molecule has 5 heteroatoms. The van der Waals surface area contributed by atoms with Gasteiger partial charge in [-0.25, -0.2) is 0 Å². The summed E-state index contributed by atoms with van der Waals surface area (Å²) in [5.41, 5.74) is 3.52. The molecule has 0 atom stereocenters. The summed E-state index contributed by atoms with van der Waals surface area (Å²) in [6.45, 7) is 5.32. The molecule has 150 valence electrons. The number of likely N-dealkylation sites (tertiary alicyclic amines) is 1. The third kappa shape index (κ3) is 5.26. The zero-order chi connectivity index (χ0) is 19.9. The molecule has 1 aliphatic heterocycles. The Morgan fingerprint density at radius 2 is 1.79 bits per heavy atom. The van der Waals surface area contributed by atoms with Crippen molar-refractivity contribution in [2.75, 3.05) is 27.3 Å². The van der Waals surface area contributed by atoms with Crippen molar-refractivity contribution in [1.29, 1.82) is 0 Å². The summed E-state index contributed by atoms with van der Waals surface area (Å²) < 4.78 is 10.8. The lowest BCUT2D eigenvalue weighted by atomic mass is 9.95. The number of ether oxygens (including phenoxy) is 2. The first-order chi connectivity index (χ1) is 13.6. The van der Waals surface area contributed by atoms with Gasteiger partial charge < -0.3 is 14.8 Å². The van der Waals surface area contributed by atoms with Gasteiger partial charge in [0.2, 0.25) is 5.91 Å². The molecular formula is C23H30N2O3. The van der Waals surface area contributed by atoms with Gasteiger partial charge in [0, 0.05) is 30.6 Å². The Morgan fingerprint density at radius 1 is 1.07 bits per heavy atom. The molecule has 1 heterocycles. The van der Waals surface area contributed by atoms with Crippen LogP contribution in [0, 0.1) is 12.8 Å². The van der Waals surface area contributed by atoms with Crippen molar-refractivity contribution in [3.63, 3.8) is 0 Å². The monoisotopic (exact) mass is 382 g/mol. The number of piperidine rings is 1. The van der Waals surface area contributed by atoms with Crippen LogP contribution in [0.1, 0.15) is 29.5 Å². The Kier molecular flexibility index (Phi) is 6.93. The van der Waals surface area contributed by atoms with Crippen LogP contribution >= 0.6 is 0 Å². The average Bonchev–Trinajstić information content (AvgIpc) is 2.74. The summed E-state index contributed by atoms with van der Waals surface area (Å²) >= 11 is 0. The van der Waals surface area contributed by atoms with Crippen LogP contribution in [-0.4, -0.2) is 38.1 Å². The fraction of sp³-hybridized carbons (Fsp3) is 0.435. The third-order valence-electron chi connectivity index (χ3n) is 5.43. The smallest absolute Gasteiger partial charge is 0.223 e. The molecule has 2 aromatic rings. The minimum Gasteiger partial charge on any atom is -0.497 e. The molecule has 0 radical (unpaired) electrons. The summed E-state index contributed by atoms with van der Waals surface area (Å²) in [5.74, 6) is 1.91. The third-order valence-corrected chi connectivity index (χ3v) is 5.43. The number of rotatable bonds is 7. The predicted octanol–water partition coefficient (Wildman–Crippen LogP) is 3.54. The molecule has 0 aromatic heterocycles. The largest absolute Gasteiger partial charge is 0.497 e. The Bertz CT molecular complexity index is 781. The number of nitrogens with one attached hydrogen (secondary N) is 1. The highest BCUT2D eigenvalue weighted by atomic mass is 16.5. The van der Waals surface area contributed by atoms with Crippen molar-refractivity contribution in [1.82, 2.24) is 10.2 Å². The molecule has 1 saturated heterocycles. The highest BCUT2D eigenvalue weighted by Crippen LogP contribution is 2.27. The first kappa shape index (κ1) is 20.2. The van der Waals surface area contributed by atoms with E-state index in [4.69, 9.17) is 9.47 Å². The SMILES string of the molecule is COc1ccc(CN2CCC(C(=O)NCc3ccc(C)cc3)CC2)c(OC)c1. The van der Waals surface area contributed by atoms with Crippen LogP contribution in [0.4, 0.5) is 0 Å². The molecule has 28 heavy (non-hydrogen) atoms. The number of hydrogen-bond donors (Lipinski definition) is 1. The van der Waals surface area contributed by atoms with Crippen LogP contribution in [0.3, 0.4) is 0 Å². The topological polar surface area (TPSA) is 50.8 Å². The van der Waals surface area contributed by atoms with Crippen LogP contribution in [0.2, 0.25) is 0 Å². The van der Waals surface area contributed by atoms with Gasteiger partial charge in [-0.3, -0.25) is 9.69 Å². The molecule has 0 aliphatic carbocycles. The summed E-state index contributed by atoms with van der Waals surface area (Å²) in [7, 11) is 3.34. The van der Waals surface area contributed by atoms with Crippen LogP contribution in [0.25, 0.3) is 0 Å². The quantitative estimate of drug-likeness (QED) is 0.796. The van der Waals surface area contributed by atoms with E-state index in [1.165, 1.54) is 5.56 Å². The molecule has 0 spiro atoms. The van der Waals surface area contributed by atoms with Gasteiger partial charge in [-0.2, -0.15) is 0 Å². The number of methoxy groups -OCH3 is 2. The lowest BCUT2D eigenvalue weighted by molar-refractivity contribution is -0.126. The Morgan fingerprint density at radius 3 is 2.43 bits per heavy atom. The predicted molar refractivity (Wildman–Crippen MR) is 111 cm³/mol. The van der Waals surface area contributed by atoms with Crippen molar-refractivity contribution >= 4 is 5.91 Å². The lowest BCUT2D eigenvalue weighted by Gasteiger charge is -2.31. The molecule has 0 unspecified atom stereocenters. The maximum Gasteiger partial charge on any atom is 0.223 e. The Hall–Kier alpha value is -2.53. The molecule has 3 rings (SSSR count).